The Balaban J connectivity index is 2.11. The lowest BCUT2D eigenvalue weighted by Crippen LogP contribution is -2.28. The maximum Gasteiger partial charge on any atom is 0.0237 e. The van der Waals surface area contributed by atoms with Gasteiger partial charge in [0.2, 0.25) is 0 Å². The topological polar surface area (TPSA) is 29.3 Å². The Kier molecular flexibility index (Phi) is 7.48. The fraction of sp³-hybridized carbons (Fsp3) is 0.455. The van der Waals surface area contributed by atoms with E-state index in [0.717, 1.165) is 25.6 Å². The van der Waals surface area contributed by atoms with Gasteiger partial charge in [-0.25, -0.2) is 0 Å². The van der Waals surface area contributed by atoms with Crippen molar-refractivity contribution in [2.45, 2.75) is 53.2 Å². The van der Waals surface area contributed by atoms with Crippen LogP contribution in [0.25, 0.3) is 0 Å². The van der Waals surface area contributed by atoms with Crippen molar-refractivity contribution in [3.63, 3.8) is 0 Å². The van der Waals surface area contributed by atoms with Gasteiger partial charge in [0.15, 0.2) is 0 Å². The maximum atomic E-state index is 5.71. The van der Waals surface area contributed by atoms with Crippen molar-refractivity contribution >= 4 is 0 Å². The van der Waals surface area contributed by atoms with Crippen LogP contribution in [-0.2, 0) is 19.6 Å². The predicted molar refractivity (Wildman–Crippen MR) is 104 cm³/mol. The van der Waals surface area contributed by atoms with Gasteiger partial charge in [0.1, 0.15) is 0 Å². The van der Waals surface area contributed by atoms with Gasteiger partial charge in [-0.2, -0.15) is 0 Å². The zero-order valence-electron chi connectivity index (χ0n) is 15.5. The van der Waals surface area contributed by atoms with Crippen molar-refractivity contribution in [3.05, 3.63) is 70.8 Å². The summed E-state index contributed by atoms with van der Waals surface area (Å²) in [6.45, 7) is 10.5. The molecule has 0 bridgehead atoms. The first-order valence-corrected chi connectivity index (χ1v) is 9.20. The smallest absolute Gasteiger partial charge is 0.0237 e. The molecule has 0 aliphatic heterocycles. The lowest BCUT2D eigenvalue weighted by molar-refractivity contribution is 0.208. The molecule has 0 aromatic heterocycles. The van der Waals surface area contributed by atoms with Crippen LogP contribution in [-0.4, -0.2) is 11.4 Å². The molecule has 2 aromatic rings. The monoisotopic (exact) mass is 324 g/mol. The summed E-state index contributed by atoms with van der Waals surface area (Å²) in [5, 5.41) is 0. The summed E-state index contributed by atoms with van der Waals surface area (Å²) in [5.41, 5.74) is 11.0. The van der Waals surface area contributed by atoms with E-state index in [-0.39, 0.29) is 0 Å². The molecule has 2 rings (SSSR count). The molecule has 0 spiro atoms. The third kappa shape index (κ3) is 5.77. The minimum atomic E-state index is 0.612. The highest BCUT2D eigenvalue weighted by molar-refractivity contribution is 5.24. The summed E-state index contributed by atoms with van der Waals surface area (Å²) in [4.78, 5) is 2.59. The minimum absolute atomic E-state index is 0.612. The first-order chi connectivity index (χ1) is 11.6. The first-order valence-electron chi connectivity index (χ1n) is 9.20. The normalized spacial score (nSPS) is 11.4. The van der Waals surface area contributed by atoms with Gasteiger partial charge in [-0.3, -0.25) is 4.90 Å². The molecule has 0 atom stereocenters. The van der Waals surface area contributed by atoms with Crippen molar-refractivity contribution < 1.29 is 0 Å². The summed E-state index contributed by atoms with van der Waals surface area (Å²) in [6.07, 6.45) is 2.49. The Labute approximate surface area is 147 Å². The maximum absolute atomic E-state index is 5.71. The zero-order chi connectivity index (χ0) is 17.4. The zero-order valence-corrected chi connectivity index (χ0v) is 15.5. The van der Waals surface area contributed by atoms with E-state index in [2.05, 4.69) is 74.2 Å². The number of aryl methyl sites for hydroxylation is 1. The second-order valence-electron chi connectivity index (χ2n) is 6.86. The van der Waals surface area contributed by atoms with Crippen LogP contribution in [0.5, 0.6) is 0 Å². The Bertz CT molecular complexity index is 600. The number of nitrogens with zero attached hydrogens (tertiary/aromatic N) is 1. The molecule has 0 saturated heterocycles. The molecular weight excluding hydrogens is 292 g/mol. The SMILES string of the molecule is CCC(CC)CN(Cc1ccc(CN)cc1)Cc1cccc(C)c1. The van der Waals surface area contributed by atoms with Gasteiger partial charge in [0.05, 0.1) is 0 Å². The van der Waals surface area contributed by atoms with Crippen molar-refractivity contribution in [2.75, 3.05) is 6.54 Å². The average molecular weight is 325 g/mol. The molecule has 0 aliphatic carbocycles. The van der Waals surface area contributed by atoms with Crippen LogP contribution < -0.4 is 5.73 Å². The molecule has 130 valence electrons. The molecule has 2 N–H and O–H groups in total. The molecule has 2 heteroatoms. The lowest BCUT2D eigenvalue weighted by atomic mass is 10.0. The third-order valence-corrected chi connectivity index (χ3v) is 4.82. The Morgan fingerprint density at radius 1 is 0.875 bits per heavy atom. The van der Waals surface area contributed by atoms with E-state index in [1.165, 1.54) is 35.1 Å². The van der Waals surface area contributed by atoms with Gasteiger partial charge in [0.25, 0.3) is 0 Å². The van der Waals surface area contributed by atoms with Crippen LogP contribution in [0.2, 0.25) is 0 Å². The van der Waals surface area contributed by atoms with E-state index in [9.17, 15) is 0 Å². The highest BCUT2D eigenvalue weighted by Gasteiger charge is 2.13. The largest absolute Gasteiger partial charge is 0.326 e. The quantitative estimate of drug-likeness (QED) is 0.711. The molecule has 24 heavy (non-hydrogen) atoms. The highest BCUT2D eigenvalue weighted by atomic mass is 15.1. The number of hydrogen-bond acceptors (Lipinski definition) is 2. The van der Waals surface area contributed by atoms with Crippen LogP contribution >= 0.6 is 0 Å². The van der Waals surface area contributed by atoms with E-state index in [1.807, 2.05) is 0 Å². The average Bonchev–Trinajstić information content (AvgIpc) is 2.60. The van der Waals surface area contributed by atoms with E-state index in [0.29, 0.717) is 6.54 Å². The molecular formula is C22H32N2. The molecule has 0 amide bonds. The number of hydrogen-bond donors (Lipinski definition) is 1. The van der Waals surface area contributed by atoms with Gasteiger partial charge in [0, 0.05) is 26.2 Å². The number of rotatable bonds is 9. The summed E-state index contributed by atoms with van der Waals surface area (Å²) in [6, 6.07) is 17.6. The van der Waals surface area contributed by atoms with Crippen LogP contribution in [0.15, 0.2) is 48.5 Å². The Morgan fingerprint density at radius 2 is 1.50 bits per heavy atom. The second-order valence-corrected chi connectivity index (χ2v) is 6.86. The van der Waals surface area contributed by atoms with E-state index in [4.69, 9.17) is 5.73 Å². The van der Waals surface area contributed by atoms with Gasteiger partial charge in [-0.05, 0) is 29.5 Å². The van der Waals surface area contributed by atoms with Gasteiger partial charge >= 0.3 is 0 Å². The van der Waals surface area contributed by atoms with Gasteiger partial charge < -0.3 is 5.73 Å². The number of nitrogens with two attached hydrogens (primary N) is 1. The van der Waals surface area contributed by atoms with E-state index in [1.54, 1.807) is 0 Å². The third-order valence-electron chi connectivity index (χ3n) is 4.82. The summed E-state index contributed by atoms with van der Waals surface area (Å²) in [5.74, 6) is 0.762. The fourth-order valence-electron chi connectivity index (χ4n) is 3.20. The van der Waals surface area contributed by atoms with Crippen molar-refractivity contribution in [2.24, 2.45) is 11.7 Å². The summed E-state index contributed by atoms with van der Waals surface area (Å²) in [7, 11) is 0. The van der Waals surface area contributed by atoms with Crippen LogP contribution in [0.4, 0.5) is 0 Å². The highest BCUT2D eigenvalue weighted by Crippen LogP contribution is 2.17. The molecule has 0 heterocycles. The van der Waals surface area contributed by atoms with Crippen molar-refractivity contribution in [1.29, 1.82) is 0 Å². The van der Waals surface area contributed by atoms with Crippen molar-refractivity contribution in [1.82, 2.24) is 4.90 Å². The Morgan fingerprint density at radius 3 is 2.08 bits per heavy atom. The van der Waals surface area contributed by atoms with Gasteiger partial charge in [-0.15, -0.1) is 0 Å². The molecule has 2 aromatic carbocycles. The summed E-state index contributed by atoms with van der Waals surface area (Å²) >= 11 is 0. The molecule has 0 unspecified atom stereocenters. The Hall–Kier alpha value is -1.64. The molecule has 0 saturated carbocycles. The van der Waals surface area contributed by atoms with E-state index >= 15 is 0 Å². The van der Waals surface area contributed by atoms with E-state index < -0.39 is 0 Å². The predicted octanol–water partition coefficient (Wildman–Crippen LogP) is 4.89. The van der Waals surface area contributed by atoms with Crippen LogP contribution in [0.1, 0.15) is 48.9 Å². The summed E-state index contributed by atoms with van der Waals surface area (Å²) < 4.78 is 0. The number of benzene rings is 2. The van der Waals surface area contributed by atoms with Crippen LogP contribution in [0.3, 0.4) is 0 Å². The standard InChI is InChI=1S/C22H32N2/c1-4-19(5-2)15-24(17-22-8-6-7-18(3)13-22)16-21-11-9-20(14-23)10-12-21/h6-13,19H,4-5,14-17,23H2,1-3H3. The second kappa shape index (κ2) is 9.61. The minimum Gasteiger partial charge on any atom is -0.326 e. The molecule has 0 fully saturated rings. The van der Waals surface area contributed by atoms with Gasteiger partial charge in [-0.1, -0.05) is 80.8 Å². The lowest BCUT2D eigenvalue weighted by Gasteiger charge is -2.27. The van der Waals surface area contributed by atoms with Crippen molar-refractivity contribution in [3.8, 4) is 0 Å². The fourth-order valence-corrected chi connectivity index (χ4v) is 3.20. The molecule has 0 aliphatic rings. The first kappa shape index (κ1) is 18.7. The molecule has 2 nitrogen and oxygen atoms in total. The molecule has 0 radical (unpaired) electrons. The van der Waals surface area contributed by atoms with Crippen LogP contribution in [0, 0.1) is 12.8 Å².